The first kappa shape index (κ1) is 24.3. The molecule has 37 heavy (non-hydrogen) atoms. The molecule has 0 radical (unpaired) electrons. The van der Waals surface area contributed by atoms with Crippen molar-refractivity contribution in [2.24, 2.45) is 29.6 Å². The molecule has 194 valence electrons. The fourth-order valence-corrected chi connectivity index (χ4v) is 7.94. The van der Waals surface area contributed by atoms with Gasteiger partial charge in [0.1, 0.15) is 5.54 Å². The van der Waals surface area contributed by atoms with Crippen molar-refractivity contribution in [2.45, 2.75) is 63.8 Å². The number of para-hydroxylation sites is 1. The first-order valence-corrected chi connectivity index (χ1v) is 14.1. The van der Waals surface area contributed by atoms with Crippen molar-refractivity contribution in [2.75, 3.05) is 6.54 Å². The van der Waals surface area contributed by atoms with Crippen molar-refractivity contribution in [1.29, 1.82) is 0 Å². The van der Waals surface area contributed by atoms with Crippen LogP contribution in [0.1, 0.15) is 56.6 Å². The molecule has 4 aliphatic carbocycles. The molecule has 3 N–H and O–H groups in total. The van der Waals surface area contributed by atoms with Gasteiger partial charge in [0.15, 0.2) is 0 Å². The quantitative estimate of drug-likeness (QED) is 0.370. The van der Waals surface area contributed by atoms with Crippen molar-refractivity contribution < 1.29 is 9.59 Å². The van der Waals surface area contributed by atoms with Gasteiger partial charge in [-0.15, -0.1) is 0 Å². The highest BCUT2D eigenvalue weighted by atomic mass is 16.2. The monoisotopic (exact) mass is 497 g/mol. The van der Waals surface area contributed by atoms with Crippen molar-refractivity contribution in [3.05, 3.63) is 71.9 Å². The van der Waals surface area contributed by atoms with Gasteiger partial charge >= 0.3 is 0 Å². The highest BCUT2D eigenvalue weighted by molar-refractivity contribution is 5.92. The Balaban J connectivity index is 1.17. The Hall–Kier alpha value is -3.08. The molecule has 1 atom stereocenters. The van der Waals surface area contributed by atoms with Gasteiger partial charge in [-0.1, -0.05) is 48.5 Å². The average Bonchev–Trinajstić information content (AvgIpc) is 3.29. The number of benzene rings is 2. The molecule has 0 unspecified atom stereocenters. The molecule has 4 fully saturated rings. The summed E-state index contributed by atoms with van der Waals surface area (Å²) in [6.07, 6.45) is 10.4. The summed E-state index contributed by atoms with van der Waals surface area (Å²) in [7, 11) is 0. The van der Waals surface area contributed by atoms with Crippen LogP contribution in [0.3, 0.4) is 0 Å². The normalized spacial score (nSPS) is 27.6. The predicted octanol–water partition coefficient (Wildman–Crippen LogP) is 5.41. The van der Waals surface area contributed by atoms with Gasteiger partial charge in [0.25, 0.3) is 0 Å². The Kier molecular flexibility index (Phi) is 6.56. The molecule has 5 nitrogen and oxygen atoms in total. The van der Waals surface area contributed by atoms with Crippen LogP contribution in [0.4, 0.5) is 0 Å². The number of fused-ring (bicyclic) bond motifs is 1. The van der Waals surface area contributed by atoms with Crippen molar-refractivity contribution in [1.82, 2.24) is 15.6 Å². The molecule has 4 aliphatic rings. The maximum absolute atomic E-state index is 13.7. The largest absolute Gasteiger partial charge is 0.361 e. The molecular weight excluding hydrogens is 458 g/mol. The smallest absolute Gasteiger partial charge is 0.245 e. The number of carbonyl (C=O) groups excluding carboxylic acids is 2. The minimum absolute atomic E-state index is 0.0259. The molecule has 4 saturated carbocycles. The van der Waals surface area contributed by atoms with E-state index in [1.165, 1.54) is 37.7 Å². The molecule has 1 aromatic heterocycles. The first-order valence-electron chi connectivity index (χ1n) is 14.1. The molecule has 2 amide bonds. The summed E-state index contributed by atoms with van der Waals surface area (Å²) in [6.45, 7) is 2.43. The van der Waals surface area contributed by atoms with E-state index in [4.69, 9.17) is 0 Å². The second-order valence-corrected chi connectivity index (χ2v) is 12.2. The van der Waals surface area contributed by atoms with Gasteiger partial charge in [0.05, 0.1) is 0 Å². The van der Waals surface area contributed by atoms with E-state index in [1.807, 2.05) is 49.5 Å². The summed E-state index contributed by atoms with van der Waals surface area (Å²) < 4.78 is 0. The van der Waals surface area contributed by atoms with Crippen LogP contribution in [0, 0.1) is 29.6 Å². The molecule has 0 saturated heterocycles. The predicted molar refractivity (Wildman–Crippen MR) is 147 cm³/mol. The SMILES string of the molecule is C[C@](Cc1c[nH]c2ccccc12)(NC(=O)CC1C2CC3CC(C2)CC1C3)C(=O)NCCc1ccccc1. The number of rotatable bonds is 9. The summed E-state index contributed by atoms with van der Waals surface area (Å²) in [5.74, 6) is 3.56. The van der Waals surface area contributed by atoms with Gasteiger partial charge in [-0.2, -0.15) is 0 Å². The van der Waals surface area contributed by atoms with Gasteiger partial charge in [0.2, 0.25) is 11.8 Å². The fraction of sp³-hybridized carbons (Fsp3) is 0.500. The van der Waals surface area contributed by atoms with Crippen LogP contribution in [0.5, 0.6) is 0 Å². The topological polar surface area (TPSA) is 74.0 Å². The summed E-state index contributed by atoms with van der Waals surface area (Å²) in [4.78, 5) is 30.5. The number of hydrogen-bond donors (Lipinski definition) is 3. The van der Waals surface area contributed by atoms with E-state index in [9.17, 15) is 9.59 Å². The number of hydrogen-bond acceptors (Lipinski definition) is 2. The van der Waals surface area contributed by atoms with Crippen LogP contribution in [-0.4, -0.2) is 28.9 Å². The zero-order valence-electron chi connectivity index (χ0n) is 21.8. The molecule has 0 aliphatic heterocycles. The van der Waals surface area contributed by atoms with E-state index in [1.54, 1.807) is 0 Å². The van der Waals surface area contributed by atoms with Crippen LogP contribution in [0.25, 0.3) is 10.9 Å². The standard InChI is InChI=1S/C32H39N3O2/c1-32(19-26-20-34-29-10-6-5-9-27(26)29,31(37)33-12-11-21-7-3-2-4-8-21)35-30(36)18-28-24-14-22-13-23(16-24)17-25(28)15-22/h2-10,20,22-25,28,34H,11-19H2,1H3,(H,33,37)(H,35,36)/t22?,23?,24?,25?,28?,32-/m1/s1. The maximum atomic E-state index is 13.7. The Bertz CT molecular complexity index is 1240. The second kappa shape index (κ2) is 10.00. The number of amides is 2. The van der Waals surface area contributed by atoms with Gasteiger partial charge in [-0.05, 0) is 92.2 Å². The summed E-state index contributed by atoms with van der Waals surface area (Å²) in [5, 5.41) is 7.47. The van der Waals surface area contributed by atoms with Crippen molar-refractivity contribution in [3.8, 4) is 0 Å². The zero-order chi connectivity index (χ0) is 25.4. The van der Waals surface area contributed by atoms with Crippen LogP contribution >= 0.6 is 0 Å². The minimum Gasteiger partial charge on any atom is -0.361 e. The van der Waals surface area contributed by atoms with Crippen molar-refractivity contribution >= 4 is 22.7 Å². The van der Waals surface area contributed by atoms with Crippen LogP contribution < -0.4 is 10.6 Å². The molecule has 7 rings (SSSR count). The van der Waals surface area contributed by atoms with Crippen LogP contribution in [0.15, 0.2) is 60.8 Å². The highest BCUT2D eigenvalue weighted by Crippen LogP contribution is 2.57. The lowest BCUT2D eigenvalue weighted by Crippen LogP contribution is -2.59. The zero-order valence-corrected chi connectivity index (χ0v) is 21.8. The highest BCUT2D eigenvalue weighted by Gasteiger charge is 2.49. The van der Waals surface area contributed by atoms with E-state index >= 15 is 0 Å². The average molecular weight is 498 g/mol. The van der Waals surface area contributed by atoms with E-state index in [2.05, 4.69) is 33.8 Å². The summed E-state index contributed by atoms with van der Waals surface area (Å²) in [6, 6.07) is 18.3. The Morgan fingerprint density at radius 2 is 1.59 bits per heavy atom. The van der Waals surface area contributed by atoms with Gasteiger partial charge in [0, 0.05) is 36.5 Å². The van der Waals surface area contributed by atoms with Gasteiger partial charge in [-0.25, -0.2) is 0 Å². The van der Waals surface area contributed by atoms with E-state index in [0.29, 0.717) is 37.1 Å². The van der Waals surface area contributed by atoms with Gasteiger partial charge < -0.3 is 15.6 Å². The first-order chi connectivity index (χ1) is 18.0. The lowest BCUT2D eigenvalue weighted by molar-refractivity contribution is -0.135. The molecule has 4 bridgehead atoms. The molecular formula is C32H39N3O2. The number of aromatic nitrogens is 1. The van der Waals surface area contributed by atoms with E-state index in [0.717, 1.165) is 34.7 Å². The third-order valence-corrected chi connectivity index (χ3v) is 9.52. The molecule has 1 heterocycles. The number of carbonyl (C=O) groups is 2. The van der Waals surface area contributed by atoms with E-state index in [-0.39, 0.29) is 11.8 Å². The fourth-order valence-electron chi connectivity index (χ4n) is 7.94. The summed E-state index contributed by atoms with van der Waals surface area (Å²) >= 11 is 0. The maximum Gasteiger partial charge on any atom is 0.245 e. The lowest BCUT2D eigenvalue weighted by Gasteiger charge is -2.54. The number of aromatic amines is 1. The Morgan fingerprint density at radius 1 is 0.919 bits per heavy atom. The molecule has 2 aromatic carbocycles. The molecule has 3 aromatic rings. The number of H-pyrrole nitrogens is 1. The third kappa shape index (κ3) is 5.05. The summed E-state index contributed by atoms with van der Waals surface area (Å²) in [5.41, 5.74) is 2.26. The minimum atomic E-state index is -1.02. The Labute approximate surface area is 219 Å². The lowest BCUT2D eigenvalue weighted by atomic mass is 9.51. The van der Waals surface area contributed by atoms with Crippen LogP contribution in [0.2, 0.25) is 0 Å². The third-order valence-electron chi connectivity index (χ3n) is 9.52. The van der Waals surface area contributed by atoms with Gasteiger partial charge in [-0.3, -0.25) is 9.59 Å². The van der Waals surface area contributed by atoms with Crippen LogP contribution in [-0.2, 0) is 22.4 Å². The Morgan fingerprint density at radius 3 is 2.32 bits per heavy atom. The number of nitrogens with one attached hydrogen (secondary N) is 3. The van der Waals surface area contributed by atoms with E-state index < -0.39 is 5.54 Å². The van der Waals surface area contributed by atoms with Crippen molar-refractivity contribution in [3.63, 3.8) is 0 Å². The second-order valence-electron chi connectivity index (χ2n) is 12.2. The molecule has 0 spiro atoms. The molecule has 5 heteroatoms.